The summed E-state index contributed by atoms with van der Waals surface area (Å²) in [6.07, 6.45) is 3.44. The number of carbonyl (C=O) groups is 2. The normalized spacial score (nSPS) is 14.8. The standard InChI is InChI=1S/C24H24N2O6S/c1-5-7-15-10-14(12-20(21(15)27)32-6-2)11-17-22(28)25-24(33)26(23(17)29)18-9-8-16(30-3)13-19(18)31-4/h5,8-13,27H,1,6-7H2,2-4H3,(H,25,28,33)/b17-11+. The van der Waals surface area contributed by atoms with E-state index < -0.39 is 11.8 Å². The Balaban J connectivity index is 2.09. The van der Waals surface area contributed by atoms with Gasteiger partial charge in [-0.05, 0) is 61.5 Å². The van der Waals surface area contributed by atoms with Crippen molar-refractivity contribution in [2.45, 2.75) is 13.3 Å². The van der Waals surface area contributed by atoms with E-state index >= 15 is 0 Å². The molecule has 0 aromatic heterocycles. The largest absolute Gasteiger partial charge is 0.504 e. The van der Waals surface area contributed by atoms with Gasteiger partial charge in [-0.3, -0.25) is 14.9 Å². The Labute approximate surface area is 197 Å². The molecular formula is C24H24N2O6S. The third-order valence-corrected chi connectivity index (χ3v) is 5.17. The molecule has 0 saturated carbocycles. The lowest BCUT2D eigenvalue weighted by Crippen LogP contribution is -2.54. The number of thiocarbonyl (C=S) groups is 1. The number of phenols is 1. The topological polar surface area (TPSA) is 97.3 Å². The average molecular weight is 469 g/mol. The summed E-state index contributed by atoms with van der Waals surface area (Å²) < 4.78 is 16.1. The van der Waals surface area contributed by atoms with Crippen LogP contribution < -0.4 is 24.4 Å². The van der Waals surface area contributed by atoms with E-state index in [4.69, 9.17) is 26.4 Å². The molecule has 0 spiro atoms. The molecule has 1 aliphatic heterocycles. The molecule has 2 aromatic rings. The highest BCUT2D eigenvalue weighted by molar-refractivity contribution is 7.80. The summed E-state index contributed by atoms with van der Waals surface area (Å²) in [6, 6.07) is 8.11. The van der Waals surface area contributed by atoms with Gasteiger partial charge in [0.15, 0.2) is 16.6 Å². The highest BCUT2D eigenvalue weighted by atomic mass is 32.1. The number of rotatable bonds is 8. The van der Waals surface area contributed by atoms with Crippen LogP contribution in [-0.2, 0) is 16.0 Å². The summed E-state index contributed by atoms with van der Waals surface area (Å²) in [4.78, 5) is 27.3. The summed E-state index contributed by atoms with van der Waals surface area (Å²) in [7, 11) is 2.97. The van der Waals surface area contributed by atoms with Gasteiger partial charge in [-0.1, -0.05) is 6.08 Å². The number of nitrogens with one attached hydrogen (secondary N) is 1. The predicted molar refractivity (Wildman–Crippen MR) is 129 cm³/mol. The Morgan fingerprint density at radius 1 is 1.15 bits per heavy atom. The second kappa shape index (κ2) is 10.2. The van der Waals surface area contributed by atoms with Crippen molar-refractivity contribution in [2.75, 3.05) is 25.7 Å². The molecule has 3 rings (SSSR count). The van der Waals surface area contributed by atoms with E-state index in [1.807, 2.05) is 0 Å². The number of phenolic OH excluding ortho intramolecular Hbond substituents is 1. The number of hydrogen-bond donors (Lipinski definition) is 2. The number of methoxy groups -OCH3 is 2. The Morgan fingerprint density at radius 2 is 1.91 bits per heavy atom. The molecule has 172 valence electrons. The molecule has 0 atom stereocenters. The maximum absolute atomic E-state index is 13.4. The van der Waals surface area contributed by atoms with Gasteiger partial charge in [-0.25, -0.2) is 4.90 Å². The molecule has 1 fully saturated rings. The molecule has 0 unspecified atom stereocenters. The molecular weight excluding hydrogens is 444 g/mol. The fourth-order valence-electron chi connectivity index (χ4n) is 3.36. The van der Waals surface area contributed by atoms with Crippen LogP contribution in [0.5, 0.6) is 23.0 Å². The van der Waals surface area contributed by atoms with E-state index in [1.165, 1.54) is 25.2 Å². The van der Waals surface area contributed by atoms with Crippen LogP contribution in [0.15, 0.2) is 48.6 Å². The van der Waals surface area contributed by atoms with Crippen molar-refractivity contribution >= 4 is 40.9 Å². The van der Waals surface area contributed by atoms with Gasteiger partial charge in [0.25, 0.3) is 11.8 Å². The Kier molecular flexibility index (Phi) is 7.34. The van der Waals surface area contributed by atoms with Crippen LogP contribution in [0.4, 0.5) is 5.69 Å². The maximum atomic E-state index is 13.4. The first-order valence-corrected chi connectivity index (χ1v) is 10.5. The molecule has 2 aromatic carbocycles. The minimum atomic E-state index is -0.634. The van der Waals surface area contributed by atoms with Crippen LogP contribution >= 0.6 is 12.2 Å². The van der Waals surface area contributed by atoms with Crippen molar-refractivity contribution in [3.63, 3.8) is 0 Å². The van der Waals surface area contributed by atoms with Gasteiger partial charge in [0.2, 0.25) is 0 Å². The van der Waals surface area contributed by atoms with E-state index in [0.29, 0.717) is 41.3 Å². The highest BCUT2D eigenvalue weighted by Gasteiger charge is 2.36. The zero-order chi connectivity index (χ0) is 24.1. The van der Waals surface area contributed by atoms with E-state index in [0.717, 1.165) is 0 Å². The van der Waals surface area contributed by atoms with Crippen LogP contribution in [0.1, 0.15) is 18.1 Å². The minimum Gasteiger partial charge on any atom is -0.504 e. The molecule has 9 heteroatoms. The summed E-state index contributed by atoms with van der Waals surface area (Å²) >= 11 is 5.27. The lowest BCUT2D eigenvalue weighted by Gasteiger charge is -2.30. The first kappa shape index (κ1) is 23.8. The highest BCUT2D eigenvalue weighted by Crippen LogP contribution is 2.36. The van der Waals surface area contributed by atoms with Crippen molar-refractivity contribution in [3.05, 3.63) is 59.7 Å². The van der Waals surface area contributed by atoms with Gasteiger partial charge in [0.05, 0.1) is 26.5 Å². The Bertz CT molecular complexity index is 1160. The lowest BCUT2D eigenvalue weighted by molar-refractivity contribution is -0.122. The second-order valence-corrected chi connectivity index (χ2v) is 7.33. The molecule has 2 N–H and O–H groups in total. The zero-order valence-corrected chi connectivity index (χ0v) is 19.3. The van der Waals surface area contributed by atoms with Crippen molar-refractivity contribution in [3.8, 4) is 23.0 Å². The molecule has 8 nitrogen and oxygen atoms in total. The number of anilines is 1. The van der Waals surface area contributed by atoms with Crippen LogP contribution in [-0.4, -0.2) is 42.9 Å². The minimum absolute atomic E-state index is 0.0101. The molecule has 1 saturated heterocycles. The van der Waals surface area contributed by atoms with Crippen LogP contribution in [0.2, 0.25) is 0 Å². The third-order valence-electron chi connectivity index (χ3n) is 4.88. The number of carbonyl (C=O) groups excluding carboxylic acids is 2. The van der Waals surface area contributed by atoms with Crippen molar-refractivity contribution in [1.82, 2.24) is 5.32 Å². The zero-order valence-electron chi connectivity index (χ0n) is 18.5. The maximum Gasteiger partial charge on any atom is 0.270 e. The predicted octanol–water partition coefficient (Wildman–Crippen LogP) is 3.37. The summed E-state index contributed by atoms with van der Waals surface area (Å²) in [5, 5.41) is 12.9. The number of ether oxygens (including phenoxy) is 3. The summed E-state index contributed by atoms with van der Waals surface area (Å²) in [5.41, 5.74) is 1.27. The number of benzene rings is 2. The lowest BCUT2D eigenvalue weighted by atomic mass is 10.0. The summed E-state index contributed by atoms with van der Waals surface area (Å²) in [5.74, 6) is -0.139. The number of allylic oxidation sites excluding steroid dienone is 1. The SMILES string of the molecule is C=CCc1cc(/C=C2\C(=O)NC(=S)N(c3ccc(OC)cc3OC)C2=O)cc(OCC)c1O. The second-order valence-electron chi connectivity index (χ2n) is 6.95. The first-order chi connectivity index (χ1) is 15.8. The first-order valence-electron chi connectivity index (χ1n) is 10.1. The summed E-state index contributed by atoms with van der Waals surface area (Å²) in [6.45, 7) is 5.82. The van der Waals surface area contributed by atoms with Crippen LogP contribution in [0, 0.1) is 0 Å². The van der Waals surface area contributed by atoms with Gasteiger partial charge in [0, 0.05) is 11.6 Å². The third kappa shape index (κ3) is 4.83. The van der Waals surface area contributed by atoms with Crippen molar-refractivity contribution in [1.29, 1.82) is 0 Å². The molecule has 33 heavy (non-hydrogen) atoms. The Hall–Kier alpha value is -3.85. The van der Waals surface area contributed by atoms with Gasteiger partial charge >= 0.3 is 0 Å². The van der Waals surface area contributed by atoms with E-state index in [9.17, 15) is 14.7 Å². The quantitative estimate of drug-likeness (QED) is 0.265. The molecule has 0 radical (unpaired) electrons. The average Bonchev–Trinajstić information content (AvgIpc) is 2.79. The van der Waals surface area contributed by atoms with E-state index in [2.05, 4.69) is 11.9 Å². The number of amides is 2. The van der Waals surface area contributed by atoms with E-state index in [1.54, 1.807) is 43.3 Å². The Morgan fingerprint density at radius 3 is 2.55 bits per heavy atom. The molecule has 1 heterocycles. The number of hydrogen-bond acceptors (Lipinski definition) is 7. The van der Waals surface area contributed by atoms with Crippen LogP contribution in [0.25, 0.3) is 6.08 Å². The molecule has 2 amide bonds. The molecule has 0 aliphatic carbocycles. The number of nitrogens with zero attached hydrogens (tertiary/aromatic N) is 1. The molecule has 0 bridgehead atoms. The smallest absolute Gasteiger partial charge is 0.270 e. The van der Waals surface area contributed by atoms with E-state index in [-0.39, 0.29) is 22.2 Å². The van der Waals surface area contributed by atoms with Gasteiger partial charge in [0.1, 0.15) is 17.1 Å². The monoisotopic (exact) mass is 468 g/mol. The number of aromatic hydroxyl groups is 1. The van der Waals surface area contributed by atoms with Gasteiger partial charge in [-0.2, -0.15) is 0 Å². The van der Waals surface area contributed by atoms with Crippen LogP contribution in [0.3, 0.4) is 0 Å². The molecule has 1 aliphatic rings. The fourth-order valence-corrected chi connectivity index (χ4v) is 3.64. The fraction of sp³-hybridized carbons (Fsp3) is 0.208. The van der Waals surface area contributed by atoms with Gasteiger partial charge in [-0.15, -0.1) is 6.58 Å². The van der Waals surface area contributed by atoms with Crippen molar-refractivity contribution < 1.29 is 28.9 Å². The van der Waals surface area contributed by atoms with Crippen molar-refractivity contribution in [2.24, 2.45) is 0 Å². The van der Waals surface area contributed by atoms with Gasteiger partial charge < -0.3 is 19.3 Å².